The summed E-state index contributed by atoms with van der Waals surface area (Å²) in [4.78, 5) is 0. The van der Waals surface area contributed by atoms with Gasteiger partial charge in [0.2, 0.25) is 0 Å². The molecular formula is C13H6F4N4O. The molecule has 0 aliphatic rings. The van der Waals surface area contributed by atoms with E-state index in [4.69, 9.17) is 15.8 Å². The molecule has 0 aromatic heterocycles. The largest absolute Gasteiger partial charge is 0.573 e. The molecule has 0 saturated carbocycles. The van der Waals surface area contributed by atoms with Crippen molar-refractivity contribution in [3.8, 4) is 24.0 Å². The fourth-order valence-electron chi connectivity index (χ4n) is 1.41. The van der Waals surface area contributed by atoms with E-state index in [1.807, 2.05) is 0 Å². The van der Waals surface area contributed by atoms with E-state index in [-0.39, 0.29) is 11.3 Å². The highest BCUT2D eigenvalue weighted by Crippen LogP contribution is 2.30. The first-order valence-electron chi connectivity index (χ1n) is 5.49. The number of hydrogen-bond donors (Lipinski definition) is 1. The van der Waals surface area contributed by atoms with Crippen molar-refractivity contribution < 1.29 is 22.3 Å². The van der Waals surface area contributed by atoms with Crippen LogP contribution in [0.2, 0.25) is 0 Å². The van der Waals surface area contributed by atoms with Crippen LogP contribution < -0.4 is 10.1 Å². The predicted octanol–water partition coefficient (Wildman–Crippen LogP) is 3.27. The molecule has 0 saturated heterocycles. The zero-order chi connectivity index (χ0) is 16.9. The summed E-state index contributed by atoms with van der Waals surface area (Å²) in [6.07, 6.45) is -5.05. The zero-order valence-electron chi connectivity index (χ0n) is 10.9. The van der Waals surface area contributed by atoms with Crippen molar-refractivity contribution in [2.24, 2.45) is 0 Å². The third-order valence-electron chi connectivity index (χ3n) is 2.35. The van der Waals surface area contributed by atoms with E-state index in [0.717, 1.165) is 6.07 Å². The van der Waals surface area contributed by atoms with Crippen LogP contribution in [0.3, 0.4) is 0 Å². The normalized spacial score (nSPS) is 9.91. The summed E-state index contributed by atoms with van der Waals surface area (Å²) in [5.74, 6) is -2.35. The van der Waals surface area contributed by atoms with Crippen molar-refractivity contribution in [1.29, 1.82) is 15.8 Å². The molecule has 5 nitrogen and oxygen atoms in total. The SMILES string of the molecule is Cc1cc(OC(F)(F)F)c(F)cc1NC(C#N)=C(C#N)C#N. The second kappa shape index (κ2) is 6.47. The van der Waals surface area contributed by atoms with Gasteiger partial charge in [-0.2, -0.15) is 15.8 Å². The van der Waals surface area contributed by atoms with Crippen LogP contribution in [-0.2, 0) is 0 Å². The lowest BCUT2D eigenvalue weighted by atomic mass is 10.1. The third kappa shape index (κ3) is 4.12. The van der Waals surface area contributed by atoms with Crippen molar-refractivity contribution in [2.75, 3.05) is 5.32 Å². The Morgan fingerprint density at radius 3 is 2.18 bits per heavy atom. The molecule has 0 bridgehead atoms. The molecule has 0 amide bonds. The highest BCUT2D eigenvalue weighted by Gasteiger charge is 2.32. The minimum absolute atomic E-state index is 0.0772. The topological polar surface area (TPSA) is 92.6 Å². The molecule has 1 rings (SSSR count). The lowest BCUT2D eigenvalue weighted by Crippen LogP contribution is -2.18. The molecule has 0 fully saturated rings. The van der Waals surface area contributed by atoms with Crippen LogP contribution in [0.15, 0.2) is 23.4 Å². The van der Waals surface area contributed by atoms with Crippen LogP contribution in [0.25, 0.3) is 0 Å². The number of hydrogen-bond acceptors (Lipinski definition) is 5. The molecule has 0 spiro atoms. The van der Waals surface area contributed by atoms with Gasteiger partial charge in [-0.05, 0) is 18.6 Å². The number of anilines is 1. The Morgan fingerprint density at radius 2 is 1.73 bits per heavy atom. The molecule has 112 valence electrons. The van der Waals surface area contributed by atoms with Crippen LogP contribution in [-0.4, -0.2) is 6.36 Å². The van der Waals surface area contributed by atoms with Crippen molar-refractivity contribution in [3.05, 3.63) is 34.8 Å². The van der Waals surface area contributed by atoms with Crippen molar-refractivity contribution in [2.45, 2.75) is 13.3 Å². The van der Waals surface area contributed by atoms with Gasteiger partial charge in [0.25, 0.3) is 0 Å². The second-order valence-electron chi connectivity index (χ2n) is 3.86. The number of benzene rings is 1. The smallest absolute Gasteiger partial charge is 0.403 e. The highest BCUT2D eigenvalue weighted by molar-refractivity contribution is 5.62. The van der Waals surface area contributed by atoms with E-state index < -0.39 is 29.2 Å². The Hall–Kier alpha value is -3.25. The minimum Gasteiger partial charge on any atom is -0.403 e. The second-order valence-corrected chi connectivity index (χ2v) is 3.86. The van der Waals surface area contributed by atoms with Crippen molar-refractivity contribution >= 4 is 5.69 Å². The Morgan fingerprint density at radius 1 is 1.14 bits per heavy atom. The number of ether oxygens (including phenoxy) is 1. The Kier molecular flexibility index (Phi) is 4.94. The standard InChI is InChI=1S/C13H6F4N4O/c1-7-2-12(22-13(15,16)17)9(14)3-10(7)21-11(6-20)8(4-18)5-19/h2-3,21H,1H3. The van der Waals surface area contributed by atoms with E-state index in [1.54, 1.807) is 6.07 Å². The summed E-state index contributed by atoms with van der Waals surface area (Å²) in [5, 5.41) is 28.5. The van der Waals surface area contributed by atoms with Crippen LogP contribution in [0.4, 0.5) is 23.2 Å². The van der Waals surface area contributed by atoms with Gasteiger partial charge >= 0.3 is 6.36 Å². The molecule has 0 atom stereocenters. The summed E-state index contributed by atoms with van der Waals surface area (Å²) in [7, 11) is 0. The molecule has 9 heteroatoms. The van der Waals surface area contributed by atoms with Crippen molar-refractivity contribution in [3.63, 3.8) is 0 Å². The van der Waals surface area contributed by atoms with Gasteiger partial charge in [0.15, 0.2) is 17.1 Å². The molecule has 0 aliphatic heterocycles. The first-order chi connectivity index (χ1) is 10.2. The van der Waals surface area contributed by atoms with Gasteiger partial charge in [-0.25, -0.2) is 4.39 Å². The molecule has 1 aromatic carbocycles. The van der Waals surface area contributed by atoms with E-state index in [2.05, 4.69) is 10.1 Å². The number of aryl methyl sites for hydroxylation is 1. The van der Waals surface area contributed by atoms with Crippen LogP contribution in [0, 0.1) is 46.7 Å². The maximum absolute atomic E-state index is 13.6. The molecule has 1 N–H and O–H groups in total. The molecule has 22 heavy (non-hydrogen) atoms. The maximum atomic E-state index is 13.6. The van der Waals surface area contributed by atoms with E-state index in [1.165, 1.54) is 19.1 Å². The first kappa shape index (κ1) is 16.8. The Balaban J connectivity index is 3.23. The summed E-state index contributed by atoms with van der Waals surface area (Å²) in [6, 6.07) is 5.92. The van der Waals surface area contributed by atoms with Crippen molar-refractivity contribution in [1.82, 2.24) is 0 Å². The molecule has 0 unspecified atom stereocenters. The van der Waals surface area contributed by atoms with E-state index >= 15 is 0 Å². The van der Waals surface area contributed by atoms with E-state index in [9.17, 15) is 17.6 Å². The Labute approximate surface area is 122 Å². The van der Waals surface area contributed by atoms with Gasteiger partial charge in [-0.3, -0.25) is 0 Å². The molecule has 0 aliphatic carbocycles. The average Bonchev–Trinajstić information content (AvgIpc) is 2.42. The number of halogens is 4. The number of rotatable bonds is 3. The summed E-state index contributed by atoms with van der Waals surface area (Å²) in [5.41, 5.74) is -0.954. The molecule has 1 aromatic rings. The minimum atomic E-state index is -5.05. The predicted molar refractivity (Wildman–Crippen MR) is 65.3 cm³/mol. The van der Waals surface area contributed by atoms with Gasteiger partial charge in [0, 0.05) is 11.8 Å². The van der Waals surface area contributed by atoms with E-state index in [0.29, 0.717) is 6.07 Å². The number of nitriles is 3. The van der Waals surface area contributed by atoms with Gasteiger partial charge in [0.05, 0.1) is 0 Å². The number of allylic oxidation sites excluding steroid dienone is 2. The highest BCUT2D eigenvalue weighted by atomic mass is 19.4. The third-order valence-corrected chi connectivity index (χ3v) is 2.35. The monoisotopic (exact) mass is 310 g/mol. The zero-order valence-corrected chi connectivity index (χ0v) is 10.9. The van der Waals surface area contributed by atoms with Gasteiger partial charge in [0.1, 0.15) is 23.9 Å². The number of nitrogens with zero attached hydrogens (tertiary/aromatic N) is 3. The quantitative estimate of drug-likeness (QED) is 0.683. The lowest BCUT2D eigenvalue weighted by molar-refractivity contribution is -0.275. The first-order valence-corrected chi connectivity index (χ1v) is 5.49. The molecular weight excluding hydrogens is 304 g/mol. The van der Waals surface area contributed by atoms with Gasteiger partial charge < -0.3 is 10.1 Å². The van der Waals surface area contributed by atoms with Gasteiger partial charge in [-0.1, -0.05) is 0 Å². The van der Waals surface area contributed by atoms with Crippen LogP contribution in [0.1, 0.15) is 5.56 Å². The Bertz CT molecular complexity index is 732. The summed E-state index contributed by atoms with van der Waals surface area (Å²) in [6.45, 7) is 1.33. The molecule has 0 radical (unpaired) electrons. The maximum Gasteiger partial charge on any atom is 0.573 e. The fraction of sp³-hybridized carbons (Fsp3) is 0.154. The summed E-state index contributed by atoms with van der Waals surface area (Å²) >= 11 is 0. The summed E-state index contributed by atoms with van der Waals surface area (Å²) < 4.78 is 53.4. The van der Waals surface area contributed by atoms with Gasteiger partial charge in [-0.15, -0.1) is 13.2 Å². The van der Waals surface area contributed by atoms with Crippen LogP contribution >= 0.6 is 0 Å². The lowest BCUT2D eigenvalue weighted by Gasteiger charge is -2.13. The average molecular weight is 310 g/mol. The number of nitrogens with one attached hydrogen (secondary N) is 1. The number of alkyl halides is 3. The fourth-order valence-corrected chi connectivity index (χ4v) is 1.41. The van der Waals surface area contributed by atoms with Crippen LogP contribution in [0.5, 0.6) is 5.75 Å². The molecule has 0 heterocycles.